The molecule has 0 radical (unpaired) electrons. The van der Waals surface area contributed by atoms with E-state index in [0.29, 0.717) is 6.71 Å². The Labute approximate surface area is 150 Å². The van der Waals surface area contributed by atoms with E-state index in [0.717, 1.165) is 18.5 Å². The van der Waals surface area contributed by atoms with Crippen LogP contribution in [0.25, 0.3) is 0 Å². The first-order valence-corrected chi connectivity index (χ1v) is 8.86. The first-order valence-electron chi connectivity index (χ1n) is 8.86. The highest BCUT2D eigenvalue weighted by Gasteiger charge is 2.20. The first kappa shape index (κ1) is 22.0. The van der Waals surface area contributed by atoms with Crippen molar-refractivity contribution in [1.82, 2.24) is 4.90 Å². The third-order valence-electron chi connectivity index (χ3n) is 4.09. The van der Waals surface area contributed by atoms with Gasteiger partial charge in [-0.2, -0.15) is 0 Å². The van der Waals surface area contributed by atoms with Gasteiger partial charge in [0.15, 0.2) is 0 Å². The normalized spacial score (nSPS) is 13.7. The zero-order chi connectivity index (χ0) is 18.5. The summed E-state index contributed by atoms with van der Waals surface area (Å²) in [6.07, 6.45) is 18.8. The highest BCUT2D eigenvalue weighted by molar-refractivity contribution is 6.73. The van der Waals surface area contributed by atoms with E-state index in [1.807, 2.05) is 12.2 Å². The SMILES string of the molecule is C=C/C=C\C(=C)N(C)C(=C/C)/C(=C\CC)B(C)/C(C)=C/C=C\CC. The topological polar surface area (TPSA) is 3.24 Å². The minimum absolute atomic E-state index is 0.358. The molecule has 0 saturated heterocycles. The molecule has 130 valence electrons. The Kier molecular flexibility index (Phi) is 11.5. The van der Waals surface area contributed by atoms with Gasteiger partial charge in [-0.05, 0) is 25.8 Å². The molecule has 0 aliphatic carbocycles. The number of allylic oxidation sites excluding steroid dienone is 10. The van der Waals surface area contributed by atoms with E-state index < -0.39 is 0 Å². The van der Waals surface area contributed by atoms with Crippen LogP contribution in [0, 0.1) is 0 Å². The zero-order valence-electron chi connectivity index (χ0n) is 16.5. The van der Waals surface area contributed by atoms with Gasteiger partial charge in [-0.1, -0.05) is 94.2 Å². The van der Waals surface area contributed by atoms with Gasteiger partial charge in [0.1, 0.15) is 0 Å². The lowest BCUT2D eigenvalue weighted by Gasteiger charge is -2.28. The summed E-state index contributed by atoms with van der Waals surface area (Å²) in [4.78, 5) is 2.15. The number of nitrogens with zero attached hydrogens (tertiary/aromatic N) is 1. The second-order valence-corrected chi connectivity index (χ2v) is 5.86. The molecular formula is C22H34BN. The molecule has 0 amide bonds. The molecule has 0 heterocycles. The fourth-order valence-corrected chi connectivity index (χ4v) is 2.47. The third kappa shape index (κ3) is 7.08. The van der Waals surface area contributed by atoms with Crippen LogP contribution in [0.15, 0.2) is 84.1 Å². The molecule has 2 heteroatoms. The predicted molar refractivity (Wildman–Crippen MR) is 113 cm³/mol. The molecule has 0 rings (SSSR count). The summed E-state index contributed by atoms with van der Waals surface area (Å²) in [5.41, 5.74) is 4.86. The summed E-state index contributed by atoms with van der Waals surface area (Å²) in [6, 6.07) is 0. The summed E-state index contributed by atoms with van der Waals surface area (Å²) < 4.78 is 0. The lowest BCUT2D eigenvalue weighted by Crippen LogP contribution is -2.25. The lowest BCUT2D eigenvalue weighted by molar-refractivity contribution is 0.551. The average Bonchev–Trinajstić information content (AvgIpc) is 2.58. The summed E-state index contributed by atoms with van der Waals surface area (Å²) in [5, 5.41) is 0. The van der Waals surface area contributed by atoms with E-state index in [-0.39, 0.29) is 0 Å². The molecule has 0 aromatic heterocycles. The maximum atomic E-state index is 4.17. The summed E-state index contributed by atoms with van der Waals surface area (Å²) in [6.45, 7) is 19.1. The third-order valence-corrected chi connectivity index (χ3v) is 4.09. The smallest absolute Gasteiger partial charge is 0.203 e. The van der Waals surface area contributed by atoms with Gasteiger partial charge in [0.05, 0.1) is 0 Å². The molecule has 0 fully saturated rings. The molecule has 0 N–H and O–H groups in total. The maximum Gasteiger partial charge on any atom is 0.203 e. The van der Waals surface area contributed by atoms with Crippen molar-refractivity contribution < 1.29 is 0 Å². The Morgan fingerprint density at radius 3 is 2.33 bits per heavy atom. The van der Waals surface area contributed by atoms with E-state index in [4.69, 9.17) is 0 Å². The quantitative estimate of drug-likeness (QED) is 0.326. The molecule has 0 aromatic rings. The van der Waals surface area contributed by atoms with Crippen LogP contribution < -0.4 is 0 Å². The number of likely N-dealkylation sites (N-methyl/N-ethyl adjacent to an activating group) is 1. The van der Waals surface area contributed by atoms with Gasteiger partial charge < -0.3 is 4.90 Å². The van der Waals surface area contributed by atoms with Crippen molar-refractivity contribution >= 4 is 6.71 Å². The van der Waals surface area contributed by atoms with Gasteiger partial charge in [-0.25, -0.2) is 0 Å². The molecule has 0 atom stereocenters. The van der Waals surface area contributed by atoms with E-state index in [2.05, 4.69) is 90.0 Å². The fraction of sp³-hybridized carbons (Fsp3) is 0.364. The molecule has 0 aromatic carbocycles. The molecule has 0 saturated carbocycles. The molecule has 0 spiro atoms. The molecule has 1 nitrogen and oxygen atoms in total. The van der Waals surface area contributed by atoms with Crippen molar-refractivity contribution in [3.05, 3.63) is 84.1 Å². The van der Waals surface area contributed by atoms with Crippen LogP contribution in [0.1, 0.15) is 40.5 Å². The second kappa shape index (κ2) is 12.5. The van der Waals surface area contributed by atoms with Crippen LogP contribution in [-0.2, 0) is 0 Å². The van der Waals surface area contributed by atoms with Gasteiger partial charge in [0.2, 0.25) is 6.71 Å². The Bertz CT molecular complexity index is 559. The van der Waals surface area contributed by atoms with Crippen LogP contribution in [0.2, 0.25) is 6.82 Å². The van der Waals surface area contributed by atoms with E-state index in [1.165, 1.54) is 16.6 Å². The van der Waals surface area contributed by atoms with Gasteiger partial charge in [-0.3, -0.25) is 0 Å². The van der Waals surface area contributed by atoms with E-state index in [9.17, 15) is 0 Å². The Morgan fingerprint density at radius 2 is 1.83 bits per heavy atom. The van der Waals surface area contributed by atoms with Crippen LogP contribution in [-0.4, -0.2) is 18.7 Å². The van der Waals surface area contributed by atoms with Crippen molar-refractivity contribution in [3.63, 3.8) is 0 Å². The lowest BCUT2D eigenvalue weighted by atomic mass is 9.40. The molecule has 0 aliphatic rings. The zero-order valence-corrected chi connectivity index (χ0v) is 16.5. The average molecular weight is 323 g/mol. The van der Waals surface area contributed by atoms with Crippen LogP contribution >= 0.6 is 0 Å². The van der Waals surface area contributed by atoms with Crippen molar-refractivity contribution in [2.75, 3.05) is 7.05 Å². The second-order valence-electron chi connectivity index (χ2n) is 5.86. The summed E-state index contributed by atoms with van der Waals surface area (Å²) in [7, 11) is 2.07. The van der Waals surface area contributed by atoms with Gasteiger partial charge in [-0.15, -0.1) is 0 Å². The molecule has 0 aliphatic heterocycles. The van der Waals surface area contributed by atoms with Crippen molar-refractivity contribution in [1.29, 1.82) is 0 Å². The van der Waals surface area contributed by atoms with E-state index in [1.54, 1.807) is 6.08 Å². The van der Waals surface area contributed by atoms with E-state index >= 15 is 0 Å². The Hall–Kier alpha value is -1.96. The standard InChI is InChI=1S/C22H34BN/c1-9-13-15-17-19(5)23(7)21(16-11-3)22(12-4)24(8)20(6)18-14-10-2/h10,12-18H,2,6,9,11H2,1,3-5,7-8H3/b15-13-,18-14-,19-17+,21-16+,22-12+. The number of rotatable bonds is 10. The minimum Gasteiger partial charge on any atom is -0.346 e. The summed E-state index contributed by atoms with van der Waals surface area (Å²) >= 11 is 0. The molecule has 24 heavy (non-hydrogen) atoms. The van der Waals surface area contributed by atoms with Crippen LogP contribution in [0.4, 0.5) is 0 Å². The Balaban J connectivity index is 5.62. The highest BCUT2D eigenvalue weighted by atomic mass is 15.1. The molecule has 0 bridgehead atoms. The molecular weight excluding hydrogens is 289 g/mol. The monoisotopic (exact) mass is 323 g/mol. The van der Waals surface area contributed by atoms with Gasteiger partial charge >= 0.3 is 0 Å². The van der Waals surface area contributed by atoms with Crippen molar-refractivity contribution in [3.8, 4) is 0 Å². The number of hydrogen-bond acceptors (Lipinski definition) is 1. The largest absolute Gasteiger partial charge is 0.346 e. The summed E-state index contributed by atoms with van der Waals surface area (Å²) in [5.74, 6) is 0. The number of hydrogen-bond donors (Lipinski definition) is 0. The van der Waals surface area contributed by atoms with Crippen LogP contribution in [0.3, 0.4) is 0 Å². The van der Waals surface area contributed by atoms with Crippen molar-refractivity contribution in [2.45, 2.75) is 47.4 Å². The fourth-order valence-electron chi connectivity index (χ4n) is 2.47. The van der Waals surface area contributed by atoms with Crippen LogP contribution in [0.5, 0.6) is 0 Å². The van der Waals surface area contributed by atoms with Gasteiger partial charge in [0, 0.05) is 18.4 Å². The minimum atomic E-state index is 0.358. The van der Waals surface area contributed by atoms with Gasteiger partial charge in [0.25, 0.3) is 0 Å². The Morgan fingerprint density at radius 1 is 1.17 bits per heavy atom. The molecule has 0 unspecified atom stereocenters. The van der Waals surface area contributed by atoms with Crippen molar-refractivity contribution in [2.24, 2.45) is 0 Å². The maximum absolute atomic E-state index is 4.17. The predicted octanol–water partition coefficient (Wildman–Crippen LogP) is 6.53. The first-order chi connectivity index (χ1) is 11.4. The highest BCUT2D eigenvalue weighted by Crippen LogP contribution is 2.24.